The van der Waals surface area contributed by atoms with E-state index in [1.165, 1.54) is 0 Å². The van der Waals surface area contributed by atoms with Crippen LogP contribution in [0.5, 0.6) is 0 Å². The Bertz CT molecular complexity index is 591. The quantitative estimate of drug-likeness (QED) is 0.919. The zero-order valence-corrected chi connectivity index (χ0v) is 10.5. The van der Waals surface area contributed by atoms with Gasteiger partial charge in [-0.1, -0.05) is 48.5 Å². The molecule has 3 nitrogen and oxygen atoms in total. The van der Waals surface area contributed by atoms with Crippen molar-refractivity contribution in [2.45, 2.75) is 10.1 Å². The Hall–Kier alpha value is -1.65. The van der Waals surface area contributed by atoms with Gasteiger partial charge in [-0.05, 0) is 17.7 Å². The maximum Gasteiger partial charge on any atom is 0.187 e. The molecule has 0 bridgehead atoms. The number of benzene rings is 2. The molecule has 0 aliphatic heterocycles. The number of hydrogen-bond acceptors (Lipinski definition) is 3. The van der Waals surface area contributed by atoms with E-state index in [-0.39, 0.29) is 4.90 Å². The van der Waals surface area contributed by atoms with Gasteiger partial charge in [-0.15, -0.1) is 0 Å². The molecular weight excluding hydrogens is 248 g/mol. The summed E-state index contributed by atoms with van der Waals surface area (Å²) in [6.45, 7) is -0.429. The van der Waals surface area contributed by atoms with Crippen LogP contribution in [-0.4, -0.2) is 20.1 Å². The first-order chi connectivity index (χ1) is 8.66. The molecule has 0 aliphatic carbocycles. The molecule has 0 fully saturated rings. The topological polar surface area (TPSA) is 54.4 Å². The number of rotatable bonds is 4. The first kappa shape index (κ1) is 12.8. The third-order valence-corrected chi connectivity index (χ3v) is 4.88. The molecule has 0 spiro atoms. The molecule has 0 aliphatic rings. The number of sulfone groups is 1. The lowest BCUT2D eigenvalue weighted by atomic mass is 10.2. The Morgan fingerprint density at radius 1 is 0.889 bits per heavy atom. The lowest BCUT2D eigenvalue weighted by Gasteiger charge is -2.15. The molecule has 0 radical (unpaired) electrons. The zero-order valence-electron chi connectivity index (χ0n) is 9.73. The monoisotopic (exact) mass is 262 g/mol. The van der Waals surface area contributed by atoms with Gasteiger partial charge >= 0.3 is 0 Å². The average Bonchev–Trinajstić information content (AvgIpc) is 2.41. The van der Waals surface area contributed by atoms with E-state index >= 15 is 0 Å². The van der Waals surface area contributed by atoms with Crippen molar-refractivity contribution < 1.29 is 13.5 Å². The van der Waals surface area contributed by atoms with Gasteiger partial charge in [0.25, 0.3) is 0 Å². The van der Waals surface area contributed by atoms with E-state index in [0.717, 1.165) is 0 Å². The maximum absolute atomic E-state index is 12.4. The number of hydrogen-bond donors (Lipinski definition) is 1. The number of aliphatic hydroxyl groups excluding tert-OH is 1. The predicted molar refractivity (Wildman–Crippen MR) is 69.9 cm³/mol. The fourth-order valence-corrected chi connectivity index (χ4v) is 3.40. The highest BCUT2D eigenvalue weighted by Gasteiger charge is 2.27. The van der Waals surface area contributed by atoms with Crippen molar-refractivity contribution in [3.63, 3.8) is 0 Å². The van der Waals surface area contributed by atoms with Crippen molar-refractivity contribution in [2.24, 2.45) is 0 Å². The SMILES string of the molecule is O=S(=O)(c1ccccc1)[C@H](CO)c1ccccc1. The molecule has 2 rings (SSSR count). The first-order valence-corrected chi connectivity index (χ1v) is 7.15. The molecule has 0 saturated carbocycles. The molecule has 4 heteroatoms. The molecule has 94 valence electrons. The summed E-state index contributed by atoms with van der Waals surface area (Å²) in [7, 11) is -3.55. The lowest BCUT2D eigenvalue weighted by Crippen LogP contribution is -2.17. The van der Waals surface area contributed by atoms with Crippen molar-refractivity contribution in [1.82, 2.24) is 0 Å². The van der Waals surface area contributed by atoms with Crippen molar-refractivity contribution in [3.8, 4) is 0 Å². The lowest BCUT2D eigenvalue weighted by molar-refractivity contribution is 0.291. The van der Waals surface area contributed by atoms with E-state index in [1.54, 1.807) is 54.6 Å². The van der Waals surface area contributed by atoms with Gasteiger partial charge in [0.05, 0.1) is 11.5 Å². The molecule has 1 N–H and O–H groups in total. The van der Waals surface area contributed by atoms with Crippen molar-refractivity contribution in [1.29, 1.82) is 0 Å². The van der Waals surface area contributed by atoms with Crippen LogP contribution >= 0.6 is 0 Å². The summed E-state index contributed by atoms with van der Waals surface area (Å²) >= 11 is 0. The van der Waals surface area contributed by atoms with E-state index in [4.69, 9.17) is 0 Å². The standard InChI is InChI=1S/C14H14O3S/c15-11-14(12-7-3-1-4-8-12)18(16,17)13-9-5-2-6-10-13/h1-10,14-15H,11H2/t14-/m1/s1. The largest absolute Gasteiger partial charge is 0.395 e. The predicted octanol–water partition coefficient (Wildman–Crippen LogP) is 2.19. The molecule has 0 saturated heterocycles. The van der Waals surface area contributed by atoms with Crippen LogP contribution in [0.4, 0.5) is 0 Å². The summed E-state index contributed by atoms with van der Waals surface area (Å²) in [4.78, 5) is 0.230. The van der Waals surface area contributed by atoms with Crippen LogP contribution in [0, 0.1) is 0 Å². The Morgan fingerprint density at radius 3 is 1.89 bits per heavy atom. The molecular formula is C14H14O3S. The summed E-state index contributed by atoms with van der Waals surface area (Å²) in [5.74, 6) is 0. The molecule has 0 unspecified atom stereocenters. The minimum Gasteiger partial charge on any atom is -0.395 e. The van der Waals surface area contributed by atoms with Gasteiger partial charge in [-0.25, -0.2) is 8.42 Å². The molecule has 2 aromatic rings. The van der Waals surface area contributed by atoms with Crippen LogP contribution in [-0.2, 0) is 9.84 Å². The summed E-state index contributed by atoms with van der Waals surface area (Å²) in [6.07, 6.45) is 0. The van der Waals surface area contributed by atoms with E-state index in [2.05, 4.69) is 0 Å². The maximum atomic E-state index is 12.4. The van der Waals surface area contributed by atoms with Gasteiger partial charge in [0.2, 0.25) is 0 Å². The van der Waals surface area contributed by atoms with E-state index in [0.29, 0.717) is 5.56 Å². The smallest absolute Gasteiger partial charge is 0.187 e. The van der Waals surface area contributed by atoms with Crippen LogP contribution < -0.4 is 0 Å². The third-order valence-electron chi connectivity index (χ3n) is 2.78. The number of aliphatic hydroxyl groups is 1. The van der Waals surface area contributed by atoms with E-state index < -0.39 is 21.7 Å². The van der Waals surface area contributed by atoms with Crippen molar-refractivity contribution in [2.75, 3.05) is 6.61 Å². The first-order valence-electron chi connectivity index (χ1n) is 5.61. The van der Waals surface area contributed by atoms with Gasteiger partial charge in [0, 0.05) is 0 Å². The molecule has 0 heterocycles. The molecule has 2 aromatic carbocycles. The van der Waals surface area contributed by atoms with Crippen LogP contribution in [0.15, 0.2) is 65.6 Å². The Kier molecular flexibility index (Phi) is 3.79. The Labute approximate surface area is 107 Å². The van der Waals surface area contributed by atoms with E-state index in [1.807, 2.05) is 6.07 Å². The minimum atomic E-state index is -3.55. The van der Waals surface area contributed by atoms with Gasteiger partial charge < -0.3 is 5.11 Å². The second kappa shape index (κ2) is 5.33. The normalized spacial score (nSPS) is 13.2. The molecule has 18 heavy (non-hydrogen) atoms. The van der Waals surface area contributed by atoms with Crippen LogP contribution in [0.3, 0.4) is 0 Å². The fraction of sp³-hybridized carbons (Fsp3) is 0.143. The average molecular weight is 262 g/mol. The van der Waals surface area contributed by atoms with Gasteiger partial charge in [0.1, 0.15) is 5.25 Å². The Morgan fingerprint density at radius 2 is 1.39 bits per heavy atom. The van der Waals surface area contributed by atoms with Gasteiger partial charge in [-0.2, -0.15) is 0 Å². The Balaban J connectivity index is 2.46. The molecule has 1 atom stereocenters. The van der Waals surface area contributed by atoms with Crippen LogP contribution in [0.25, 0.3) is 0 Å². The van der Waals surface area contributed by atoms with Crippen LogP contribution in [0.1, 0.15) is 10.8 Å². The van der Waals surface area contributed by atoms with Crippen molar-refractivity contribution >= 4 is 9.84 Å². The third kappa shape index (κ3) is 2.44. The highest BCUT2D eigenvalue weighted by molar-refractivity contribution is 7.91. The van der Waals surface area contributed by atoms with Gasteiger partial charge in [-0.3, -0.25) is 0 Å². The summed E-state index contributed by atoms with van der Waals surface area (Å²) in [6, 6.07) is 16.9. The molecule has 0 amide bonds. The van der Waals surface area contributed by atoms with Crippen molar-refractivity contribution in [3.05, 3.63) is 66.2 Å². The summed E-state index contributed by atoms with van der Waals surface area (Å²) in [5.41, 5.74) is 0.601. The van der Waals surface area contributed by atoms with Gasteiger partial charge in [0.15, 0.2) is 9.84 Å². The summed E-state index contributed by atoms with van der Waals surface area (Å²) < 4.78 is 24.8. The van der Waals surface area contributed by atoms with Crippen LogP contribution in [0.2, 0.25) is 0 Å². The highest BCUT2D eigenvalue weighted by atomic mass is 32.2. The highest BCUT2D eigenvalue weighted by Crippen LogP contribution is 2.28. The fourth-order valence-electron chi connectivity index (χ4n) is 1.82. The van der Waals surface area contributed by atoms with E-state index in [9.17, 15) is 13.5 Å². The zero-order chi connectivity index (χ0) is 13.0. The molecule has 0 aromatic heterocycles. The second-order valence-electron chi connectivity index (χ2n) is 3.94. The minimum absolute atomic E-state index is 0.230. The second-order valence-corrected chi connectivity index (χ2v) is 6.07. The summed E-state index contributed by atoms with van der Waals surface area (Å²) in [5, 5.41) is 8.48.